The van der Waals surface area contributed by atoms with E-state index in [9.17, 15) is 4.79 Å². The first-order valence-electron chi connectivity index (χ1n) is 4.35. The van der Waals surface area contributed by atoms with Gasteiger partial charge in [-0.2, -0.15) is 0 Å². The monoisotopic (exact) mass is 244 g/mol. The normalized spacial score (nSPS) is 12.1. The maximum absolute atomic E-state index is 10.3. The van der Waals surface area contributed by atoms with Crippen LogP contribution in [0.15, 0.2) is 29.4 Å². The highest BCUT2D eigenvalue weighted by molar-refractivity contribution is 8.76. The summed E-state index contributed by atoms with van der Waals surface area (Å²) < 4.78 is 4.68. The molecule has 4 nitrogen and oxygen atoms in total. The second-order valence-electron chi connectivity index (χ2n) is 2.79. The van der Waals surface area contributed by atoms with E-state index in [0.717, 1.165) is 5.03 Å². The molecule has 1 amide bonds. The van der Waals surface area contributed by atoms with Crippen molar-refractivity contribution in [3.8, 4) is 0 Å². The van der Waals surface area contributed by atoms with Crippen LogP contribution < -0.4 is 5.73 Å². The molecule has 0 bridgehead atoms. The number of aromatic nitrogens is 1. The van der Waals surface area contributed by atoms with Gasteiger partial charge in [-0.25, -0.2) is 9.78 Å². The molecule has 0 aliphatic heterocycles. The number of rotatable bonds is 5. The van der Waals surface area contributed by atoms with Gasteiger partial charge < -0.3 is 10.5 Å². The molecule has 6 heteroatoms. The Morgan fingerprint density at radius 3 is 3.07 bits per heavy atom. The van der Waals surface area contributed by atoms with Gasteiger partial charge >= 0.3 is 6.09 Å². The first-order valence-corrected chi connectivity index (χ1v) is 6.56. The zero-order valence-electron chi connectivity index (χ0n) is 8.25. The van der Waals surface area contributed by atoms with E-state index < -0.39 is 6.09 Å². The molecule has 0 spiro atoms. The highest BCUT2D eigenvalue weighted by Gasteiger charge is 2.06. The molecule has 1 aromatic rings. The van der Waals surface area contributed by atoms with Crippen molar-refractivity contribution in [2.45, 2.75) is 17.2 Å². The van der Waals surface area contributed by atoms with Gasteiger partial charge in [-0.3, -0.25) is 0 Å². The molecule has 0 fully saturated rings. The Kier molecular flexibility index (Phi) is 5.34. The van der Waals surface area contributed by atoms with Crippen LogP contribution in [0.5, 0.6) is 0 Å². The van der Waals surface area contributed by atoms with Crippen LogP contribution in [-0.2, 0) is 4.74 Å². The molecule has 2 N–H and O–H groups in total. The third-order valence-corrected chi connectivity index (χ3v) is 4.16. The minimum atomic E-state index is -0.731. The lowest BCUT2D eigenvalue weighted by molar-refractivity contribution is 0.158. The predicted octanol–water partition coefficient (Wildman–Crippen LogP) is 2.31. The second-order valence-corrected chi connectivity index (χ2v) is 5.45. The van der Waals surface area contributed by atoms with E-state index in [1.807, 2.05) is 25.1 Å². The van der Waals surface area contributed by atoms with E-state index in [-0.39, 0.29) is 5.25 Å². The first-order chi connectivity index (χ1) is 7.18. The van der Waals surface area contributed by atoms with E-state index in [0.29, 0.717) is 6.61 Å². The lowest BCUT2D eigenvalue weighted by atomic mass is 10.5. The van der Waals surface area contributed by atoms with Crippen molar-refractivity contribution in [1.82, 2.24) is 4.98 Å². The summed E-state index contributed by atoms with van der Waals surface area (Å²) in [6.45, 7) is 2.28. The summed E-state index contributed by atoms with van der Waals surface area (Å²) >= 11 is 0. The lowest BCUT2D eigenvalue weighted by Gasteiger charge is -2.08. The standard InChI is InChI=1S/C9H12N2O2S2/c1-7(6-13-9(10)12)14-15-8-4-2-3-5-11-8/h2-5,7H,6H2,1H3,(H2,10,12). The molecule has 1 unspecified atom stereocenters. The summed E-state index contributed by atoms with van der Waals surface area (Å²) in [5.74, 6) is 0. The van der Waals surface area contributed by atoms with Crippen molar-refractivity contribution in [1.29, 1.82) is 0 Å². The molecule has 0 saturated carbocycles. The number of amides is 1. The van der Waals surface area contributed by atoms with Gasteiger partial charge in [0.15, 0.2) is 0 Å². The summed E-state index contributed by atoms with van der Waals surface area (Å²) in [6.07, 6.45) is 1.01. The molecule has 0 aliphatic carbocycles. The maximum Gasteiger partial charge on any atom is 0.404 e. The fourth-order valence-electron chi connectivity index (χ4n) is 0.755. The van der Waals surface area contributed by atoms with Crippen molar-refractivity contribution in [3.63, 3.8) is 0 Å². The van der Waals surface area contributed by atoms with Crippen molar-refractivity contribution in [2.24, 2.45) is 5.73 Å². The number of hydrogen-bond acceptors (Lipinski definition) is 5. The third-order valence-electron chi connectivity index (χ3n) is 1.40. The summed E-state index contributed by atoms with van der Waals surface area (Å²) in [4.78, 5) is 14.5. The summed E-state index contributed by atoms with van der Waals surface area (Å²) in [7, 11) is 3.15. The fraction of sp³-hybridized carbons (Fsp3) is 0.333. The fourth-order valence-corrected chi connectivity index (χ4v) is 2.63. The van der Waals surface area contributed by atoms with Crippen LogP contribution in [0.3, 0.4) is 0 Å². The Bertz CT molecular complexity index is 308. The van der Waals surface area contributed by atoms with Crippen LogP contribution in [0.25, 0.3) is 0 Å². The highest BCUT2D eigenvalue weighted by atomic mass is 33.1. The molecular formula is C9H12N2O2S2. The van der Waals surface area contributed by atoms with E-state index in [2.05, 4.69) is 9.72 Å². The number of carbonyl (C=O) groups is 1. The van der Waals surface area contributed by atoms with Gasteiger partial charge in [0.1, 0.15) is 11.6 Å². The molecule has 1 rings (SSSR count). The largest absolute Gasteiger partial charge is 0.449 e. The smallest absolute Gasteiger partial charge is 0.404 e. The molecular weight excluding hydrogens is 232 g/mol. The Balaban J connectivity index is 2.22. The Morgan fingerprint density at radius 2 is 2.47 bits per heavy atom. The van der Waals surface area contributed by atoms with Gasteiger partial charge in [0.2, 0.25) is 0 Å². The van der Waals surface area contributed by atoms with Crippen molar-refractivity contribution < 1.29 is 9.53 Å². The Labute approximate surface area is 96.4 Å². The molecule has 0 aromatic carbocycles. The van der Waals surface area contributed by atoms with Crippen LogP contribution in [0.4, 0.5) is 4.79 Å². The average Bonchev–Trinajstić information content (AvgIpc) is 2.25. The first kappa shape index (κ1) is 12.2. The molecule has 15 heavy (non-hydrogen) atoms. The average molecular weight is 244 g/mol. The van der Waals surface area contributed by atoms with Gasteiger partial charge in [-0.05, 0) is 29.9 Å². The minimum Gasteiger partial charge on any atom is -0.449 e. The molecule has 82 valence electrons. The topological polar surface area (TPSA) is 65.2 Å². The number of nitrogens with zero attached hydrogens (tertiary/aromatic N) is 1. The Morgan fingerprint density at radius 1 is 1.67 bits per heavy atom. The molecule has 1 heterocycles. The molecule has 0 aliphatic rings. The number of nitrogens with two attached hydrogens (primary N) is 1. The van der Waals surface area contributed by atoms with Crippen LogP contribution in [-0.4, -0.2) is 22.9 Å². The summed E-state index contributed by atoms with van der Waals surface area (Å²) in [6, 6.07) is 5.73. The number of ether oxygens (including phenoxy) is 1. The highest BCUT2D eigenvalue weighted by Crippen LogP contribution is 2.32. The van der Waals surface area contributed by atoms with Crippen molar-refractivity contribution in [3.05, 3.63) is 24.4 Å². The van der Waals surface area contributed by atoms with Gasteiger partial charge in [0, 0.05) is 11.4 Å². The molecule has 1 atom stereocenters. The van der Waals surface area contributed by atoms with E-state index in [4.69, 9.17) is 5.73 Å². The van der Waals surface area contributed by atoms with Crippen LogP contribution in [0, 0.1) is 0 Å². The lowest BCUT2D eigenvalue weighted by Crippen LogP contribution is -2.18. The number of primary amides is 1. The van der Waals surface area contributed by atoms with Crippen LogP contribution in [0.2, 0.25) is 0 Å². The number of carbonyl (C=O) groups excluding carboxylic acids is 1. The molecule has 0 saturated heterocycles. The van der Waals surface area contributed by atoms with Crippen molar-refractivity contribution >= 4 is 27.7 Å². The zero-order valence-corrected chi connectivity index (χ0v) is 9.88. The van der Waals surface area contributed by atoms with Crippen LogP contribution >= 0.6 is 21.6 Å². The third kappa shape index (κ3) is 5.54. The second kappa shape index (κ2) is 6.58. The molecule has 1 aromatic heterocycles. The van der Waals surface area contributed by atoms with Gasteiger partial charge in [0.05, 0.1) is 0 Å². The quantitative estimate of drug-likeness (QED) is 0.805. The predicted molar refractivity (Wildman–Crippen MR) is 62.7 cm³/mol. The summed E-state index contributed by atoms with van der Waals surface area (Å²) in [5, 5.41) is 1.12. The number of hydrogen-bond donors (Lipinski definition) is 1. The van der Waals surface area contributed by atoms with E-state index in [1.165, 1.54) is 0 Å². The van der Waals surface area contributed by atoms with Crippen molar-refractivity contribution in [2.75, 3.05) is 6.61 Å². The van der Waals surface area contributed by atoms with E-state index in [1.54, 1.807) is 27.8 Å². The Hall–Kier alpha value is -0.880. The zero-order chi connectivity index (χ0) is 11.1. The van der Waals surface area contributed by atoms with Gasteiger partial charge in [0.25, 0.3) is 0 Å². The van der Waals surface area contributed by atoms with Gasteiger partial charge in [-0.15, -0.1) is 0 Å². The van der Waals surface area contributed by atoms with Crippen LogP contribution in [0.1, 0.15) is 6.92 Å². The number of pyridine rings is 1. The summed E-state index contributed by atoms with van der Waals surface area (Å²) in [5.41, 5.74) is 4.86. The molecule has 0 radical (unpaired) electrons. The van der Waals surface area contributed by atoms with Gasteiger partial charge in [-0.1, -0.05) is 16.9 Å². The minimum absolute atomic E-state index is 0.185. The maximum atomic E-state index is 10.3. The van der Waals surface area contributed by atoms with E-state index >= 15 is 0 Å². The SMILES string of the molecule is CC(COC(N)=O)SSc1ccccn1.